The predicted molar refractivity (Wildman–Crippen MR) is 79.3 cm³/mol. The van der Waals surface area contributed by atoms with Gasteiger partial charge in [0.15, 0.2) is 11.6 Å². The number of ether oxygens (including phenoxy) is 1. The Labute approximate surface area is 123 Å². The van der Waals surface area contributed by atoms with Crippen molar-refractivity contribution in [2.45, 2.75) is 32.9 Å². The standard InChI is InChI=1S/C17H19F2NO/c1-10(2)21-13-6-4-5-12(9-13)17(20)14-8-7-11(3)15(18)16(14)19/h4-10,17H,20H2,1-3H3. The second-order valence-corrected chi connectivity index (χ2v) is 5.32. The average molecular weight is 291 g/mol. The molecule has 2 aromatic rings. The van der Waals surface area contributed by atoms with E-state index in [1.807, 2.05) is 19.9 Å². The molecule has 2 rings (SSSR count). The maximum atomic E-state index is 14.0. The third-order valence-electron chi connectivity index (χ3n) is 3.23. The van der Waals surface area contributed by atoms with Crippen molar-refractivity contribution in [1.82, 2.24) is 0 Å². The Kier molecular flexibility index (Phi) is 4.58. The fraction of sp³-hybridized carbons (Fsp3) is 0.294. The molecule has 0 aliphatic rings. The van der Waals surface area contributed by atoms with Crippen LogP contribution in [0.15, 0.2) is 36.4 Å². The second kappa shape index (κ2) is 6.22. The lowest BCUT2D eigenvalue weighted by atomic mass is 9.97. The quantitative estimate of drug-likeness (QED) is 0.920. The van der Waals surface area contributed by atoms with Crippen LogP contribution in [0.4, 0.5) is 8.78 Å². The van der Waals surface area contributed by atoms with Crippen molar-refractivity contribution < 1.29 is 13.5 Å². The van der Waals surface area contributed by atoms with E-state index in [1.165, 1.54) is 19.1 Å². The monoisotopic (exact) mass is 291 g/mol. The summed E-state index contributed by atoms with van der Waals surface area (Å²) in [7, 11) is 0. The first-order chi connectivity index (χ1) is 9.90. The van der Waals surface area contributed by atoms with Gasteiger partial charge in [-0.25, -0.2) is 8.78 Å². The maximum absolute atomic E-state index is 14.0. The van der Waals surface area contributed by atoms with Crippen molar-refractivity contribution in [3.63, 3.8) is 0 Å². The maximum Gasteiger partial charge on any atom is 0.164 e. The van der Waals surface area contributed by atoms with Gasteiger partial charge in [0.05, 0.1) is 12.1 Å². The van der Waals surface area contributed by atoms with E-state index in [2.05, 4.69) is 0 Å². The summed E-state index contributed by atoms with van der Waals surface area (Å²) in [5, 5.41) is 0. The molecule has 1 unspecified atom stereocenters. The van der Waals surface area contributed by atoms with Gasteiger partial charge in [0.2, 0.25) is 0 Å². The molecule has 0 saturated heterocycles. The zero-order valence-corrected chi connectivity index (χ0v) is 12.4. The van der Waals surface area contributed by atoms with Crippen molar-refractivity contribution in [2.75, 3.05) is 0 Å². The summed E-state index contributed by atoms with van der Waals surface area (Å²) in [6.45, 7) is 5.36. The fourth-order valence-electron chi connectivity index (χ4n) is 2.13. The Morgan fingerprint density at radius 3 is 2.43 bits per heavy atom. The van der Waals surface area contributed by atoms with Crippen LogP contribution in [0, 0.1) is 18.6 Å². The third-order valence-corrected chi connectivity index (χ3v) is 3.23. The molecule has 112 valence electrons. The minimum Gasteiger partial charge on any atom is -0.491 e. The molecule has 2 aromatic carbocycles. The van der Waals surface area contributed by atoms with E-state index in [-0.39, 0.29) is 17.2 Å². The molecule has 0 radical (unpaired) electrons. The van der Waals surface area contributed by atoms with E-state index < -0.39 is 17.7 Å². The van der Waals surface area contributed by atoms with Gasteiger partial charge in [0, 0.05) is 5.56 Å². The lowest BCUT2D eigenvalue weighted by molar-refractivity contribution is 0.242. The van der Waals surface area contributed by atoms with Crippen LogP contribution < -0.4 is 10.5 Å². The molecular formula is C17H19F2NO. The highest BCUT2D eigenvalue weighted by molar-refractivity contribution is 5.38. The minimum absolute atomic E-state index is 0.0324. The summed E-state index contributed by atoms with van der Waals surface area (Å²) < 4.78 is 33.3. The molecule has 1 atom stereocenters. The topological polar surface area (TPSA) is 35.2 Å². The lowest BCUT2D eigenvalue weighted by Crippen LogP contribution is -2.15. The van der Waals surface area contributed by atoms with Crippen molar-refractivity contribution in [3.8, 4) is 5.75 Å². The van der Waals surface area contributed by atoms with Crippen LogP contribution in [0.5, 0.6) is 5.75 Å². The highest BCUT2D eigenvalue weighted by Gasteiger charge is 2.18. The molecule has 0 aromatic heterocycles. The van der Waals surface area contributed by atoms with Gasteiger partial charge in [0.25, 0.3) is 0 Å². The Morgan fingerprint density at radius 2 is 1.76 bits per heavy atom. The van der Waals surface area contributed by atoms with Crippen LogP contribution in [-0.4, -0.2) is 6.10 Å². The largest absolute Gasteiger partial charge is 0.491 e. The highest BCUT2D eigenvalue weighted by Crippen LogP contribution is 2.27. The lowest BCUT2D eigenvalue weighted by Gasteiger charge is -2.16. The summed E-state index contributed by atoms with van der Waals surface area (Å²) in [6.07, 6.45) is 0.0324. The Bertz CT molecular complexity index is 641. The van der Waals surface area contributed by atoms with Crippen LogP contribution in [0.3, 0.4) is 0 Å². The molecule has 2 nitrogen and oxygen atoms in total. The highest BCUT2D eigenvalue weighted by atomic mass is 19.2. The number of hydrogen-bond acceptors (Lipinski definition) is 2. The van der Waals surface area contributed by atoms with E-state index in [0.717, 1.165) is 0 Å². The number of aryl methyl sites for hydroxylation is 1. The Morgan fingerprint density at radius 1 is 1.05 bits per heavy atom. The molecule has 0 aliphatic carbocycles. The summed E-state index contributed by atoms with van der Waals surface area (Å²) in [5.41, 5.74) is 7.15. The normalized spacial score (nSPS) is 12.5. The number of benzene rings is 2. The van der Waals surface area contributed by atoms with Gasteiger partial charge in [-0.2, -0.15) is 0 Å². The number of rotatable bonds is 4. The molecule has 0 saturated carbocycles. The molecule has 0 amide bonds. The molecule has 4 heteroatoms. The summed E-state index contributed by atoms with van der Waals surface area (Å²) in [5.74, 6) is -1.08. The molecule has 0 aliphatic heterocycles. The third kappa shape index (κ3) is 3.39. The zero-order chi connectivity index (χ0) is 15.6. The van der Waals surface area contributed by atoms with Crippen LogP contribution in [0.25, 0.3) is 0 Å². The van der Waals surface area contributed by atoms with Crippen LogP contribution in [-0.2, 0) is 0 Å². The van der Waals surface area contributed by atoms with Crippen molar-refractivity contribution in [3.05, 3.63) is 64.7 Å². The number of nitrogens with two attached hydrogens (primary N) is 1. The number of hydrogen-bond donors (Lipinski definition) is 1. The molecule has 0 bridgehead atoms. The van der Waals surface area contributed by atoms with Crippen molar-refractivity contribution >= 4 is 0 Å². The first-order valence-electron chi connectivity index (χ1n) is 6.87. The van der Waals surface area contributed by atoms with Crippen LogP contribution in [0.2, 0.25) is 0 Å². The van der Waals surface area contributed by atoms with Gasteiger partial charge in [-0.3, -0.25) is 0 Å². The summed E-state index contributed by atoms with van der Waals surface area (Å²) in [4.78, 5) is 0. The van der Waals surface area contributed by atoms with Crippen molar-refractivity contribution in [2.24, 2.45) is 5.73 Å². The van der Waals surface area contributed by atoms with Crippen molar-refractivity contribution in [1.29, 1.82) is 0 Å². The first kappa shape index (κ1) is 15.4. The molecule has 2 N–H and O–H groups in total. The molecule has 0 heterocycles. The minimum atomic E-state index is -0.891. The van der Waals surface area contributed by atoms with E-state index in [4.69, 9.17) is 10.5 Å². The Balaban J connectivity index is 2.36. The molecule has 21 heavy (non-hydrogen) atoms. The van der Waals surface area contributed by atoms with E-state index in [1.54, 1.807) is 18.2 Å². The SMILES string of the molecule is Cc1ccc(C(N)c2cccc(OC(C)C)c2)c(F)c1F. The zero-order valence-electron chi connectivity index (χ0n) is 12.4. The van der Waals surface area contributed by atoms with Gasteiger partial charge in [0.1, 0.15) is 5.75 Å². The van der Waals surface area contributed by atoms with E-state index in [0.29, 0.717) is 11.3 Å². The molecule has 0 spiro atoms. The number of halogens is 2. The summed E-state index contributed by atoms with van der Waals surface area (Å²) >= 11 is 0. The first-order valence-corrected chi connectivity index (χ1v) is 6.87. The van der Waals surface area contributed by atoms with Gasteiger partial charge >= 0.3 is 0 Å². The van der Waals surface area contributed by atoms with E-state index >= 15 is 0 Å². The van der Waals surface area contributed by atoms with Crippen LogP contribution in [0.1, 0.15) is 36.6 Å². The average Bonchev–Trinajstić information content (AvgIpc) is 2.44. The fourth-order valence-corrected chi connectivity index (χ4v) is 2.13. The smallest absolute Gasteiger partial charge is 0.164 e. The second-order valence-electron chi connectivity index (χ2n) is 5.32. The van der Waals surface area contributed by atoms with Gasteiger partial charge < -0.3 is 10.5 Å². The van der Waals surface area contributed by atoms with E-state index in [9.17, 15) is 8.78 Å². The predicted octanol–water partition coefficient (Wildman–Crippen LogP) is 4.11. The summed E-state index contributed by atoms with van der Waals surface area (Å²) in [6, 6.07) is 9.43. The Hall–Kier alpha value is -1.94. The molecule has 0 fully saturated rings. The molecular weight excluding hydrogens is 272 g/mol. The van der Waals surface area contributed by atoms with Crippen LogP contribution >= 0.6 is 0 Å². The van der Waals surface area contributed by atoms with Gasteiger partial charge in [-0.05, 0) is 44.0 Å². The van der Waals surface area contributed by atoms with Gasteiger partial charge in [-0.1, -0.05) is 24.3 Å². The van der Waals surface area contributed by atoms with Gasteiger partial charge in [-0.15, -0.1) is 0 Å².